The van der Waals surface area contributed by atoms with Gasteiger partial charge in [0.15, 0.2) is 5.96 Å². The van der Waals surface area contributed by atoms with Gasteiger partial charge < -0.3 is 20.1 Å². The van der Waals surface area contributed by atoms with E-state index in [2.05, 4.69) is 20.6 Å². The minimum Gasteiger partial charge on any atom is -0.494 e. The first-order chi connectivity index (χ1) is 12.3. The molecule has 0 saturated heterocycles. The topological polar surface area (TPSA) is 67.8 Å². The highest BCUT2D eigenvalue weighted by Crippen LogP contribution is 2.18. The predicted octanol–water partition coefficient (Wildman–Crippen LogP) is 2.74. The van der Waals surface area contributed by atoms with E-state index in [1.54, 1.807) is 7.11 Å². The molecule has 1 aromatic carbocycles. The average molecular weight is 342 g/mol. The van der Waals surface area contributed by atoms with Crippen molar-refractivity contribution in [2.45, 2.75) is 26.9 Å². The third-order valence-corrected chi connectivity index (χ3v) is 3.45. The van der Waals surface area contributed by atoms with Crippen LogP contribution in [0.1, 0.15) is 25.1 Å². The quantitative estimate of drug-likeness (QED) is 0.570. The fourth-order valence-corrected chi connectivity index (χ4v) is 2.28. The predicted molar refractivity (Wildman–Crippen MR) is 100 cm³/mol. The Morgan fingerprint density at radius 1 is 1.08 bits per heavy atom. The van der Waals surface area contributed by atoms with E-state index < -0.39 is 0 Å². The van der Waals surface area contributed by atoms with E-state index in [1.165, 1.54) is 0 Å². The van der Waals surface area contributed by atoms with Crippen LogP contribution in [0.4, 0.5) is 0 Å². The molecule has 0 radical (unpaired) electrons. The number of hydrogen-bond acceptors (Lipinski definition) is 4. The molecule has 0 aliphatic heterocycles. The van der Waals surface area contributed by atoms with Crippen LogP contribution in [0.3, 0.4) is 0 Å². The lowest BCUT2D eigenvalue weighted by atomic mass is 10.2. The molecule has 6 heteroatoms. The largest absolute Gasteiger partial charge is 0.494 e. The molecule has 25 heavy (non-hydrogen) atoms. The molecule has 2 rings (SSSR count). The zero-order valence-corrected chi connectivity index (χ0v) is 15.1. The highest BCUT2D eigenvalue weighted by atomic mass is 16.5. The zero-order valence-electron chi connectivity index (χ0n) is 15.1. The summed E-state index contributed by atoms with van der Waals surface area (Å²) in [4.78, 5) is 9.03. The summed E-state index contributed by atoms with van der Waals surface area (Å²) in [6.45, 7) is 6.54. The van der Waals surface area contributed by atoms with Crippen molar-refractivity contribution in [1.82, 2.24) is 15.6 Å². The molecule has 1 heterocycles. The molecule has 0 bridgehead atoms. The summed E-state index contributed by atoms with van der Waals surface area (Å²) in [5.74, 6) is 2.21. The van der Waals surface area contributed by atoms with Crippen LogP contribution < -0.4 is 20.1 Å². The number of pyridine rings is 1. The fraction of sp³-hybridized carbons (Fsp3) is 0.368. The van der Waals surface area contributed by atoms with Crippen LogP contribution in [0.25, 0.3) is 0 Å². The van der Waals surface area contributed by atoms with Crippen molar-refractivity contribution in [3.05, 3.63) is 53.7 Å². The number of aromatic nitrogens is 1. The number of nitrogens with zero attached hydrogens (tertiary/aromatic N) is 2. The number of aliphatic imine (C=N–C) groups is 1. The standard InChI is InChI=1S/C19H26N4O2/c1-4-20-19(22-14-16-10-8-12-18(23-16)24-3)21-13-15-9-6-7-11-17(15)25-5-2/h6-12H,4-5,13-14H2,1-3H3,(H2,20,21,22). The molecule has 2 aromatic rings. The van der Waals surface area contributed by atoms with Gasteiger partial charge in [0, 0.05) is 18.2 Å². The lowest BCUT2D eigenvalue weighted by Gasteiger charge is -2.12. The van der Waals surface area contributed by atoms with Gasteiger partial charge in [-0.2, -0.15) is 0 Å². The van der Waals surface area contributed by atoms with Crippen LogP contribution in [-0.2, 0) is 13.1 Å². The second-order valence-corrected chi connectivity index (χ2v) is 5.26. The number of ether oxygens (including phenoxy) is 2. The van der Waals surface area contributed by atoms with Crippen molar-refractivity contribution in [2.75, 3.05) is 20.3 Å². The lowest BCUT2D eigenvalue weighted by molar-refractivity contribution is 0.336. The van der Waals surface area contributed by atoms with E-state index >= 15 is 0 Å². The van der Waals surface area contributed by atoms with E-state index in [1.807, 2.05) is 56.3 Å². The highest BCUT2D eigenvalue weighted by molar-refractivity contribution is 5.79. The molecule has 0 fully saturated rings. The van der Waals surface area contributed by atoms with Crippen LogP contribution in [-0.4, -0.2) is 31.2 Å². The minimum absolute atomic E-state index is 0.539. The maximum Gasteiger partial charge on any atom is 0.213 e. The van der Waals surface area contributed by atoms with Crippen LogP contribution in [0.2, 0.25) is 0 Å². The Morgan fingerprint density at radius 3 is 2.68 bits per heavy atom. The van der Waals surface area contributed by atoms with Gasteiger partial charge in [-0.25, -0.2) is 9.98 Å². The third kappa shape index (κ3) is 5.99. The van der Waals surface area contributed by atoms with E-state index in [-0.39, 0.29) is 0 Å². The van der Waals surface area contributed by atoms with Crippen molar-refractivity contribution in [2.24, 2.45) is 4.99 Å². The van der Waals surface area contributed by atoms with Gasteiger partial charge in [0.25, 0.3) is 0 Å². The van der Waals surface area contributed by atoms with E-state index in [0.717, 1.165) is 29.5 Å². The van der Waals surface area contributed by atoms with Crippen molar-refractivity contribution in [3.8, 4) is 11.6 Å². The Bertz CT molecular complexity index is 689. The maximum atomic E-state index is 5.65. The number of hydrogen-bond donors (Lipinski definition) is 2. The second-order valence-electron chi connectivity index (χ2n) is 5.26. The van der Waals surface area contributed by atoms with Gasteiger partial charge in [0.2, 0.25) is 5.88 Å². The van der Waals surface area contributed by atoms with E-state index in [0.29, 0.717) is 25.6 Å². The molecule has 6 nitrogen and oxygen atoms in total. The minimum atomic E-state index is 0.539. The van der Waals surface area contributed by atoms with Crippen LogP contribution in [0, 0.1) is 0 Å². The number of rotatable bonds is 8. The molecule has 0 amide bonds. The molecular weight excluding hydrogens is 316 g/mol. The zero-order chi connectivity index (χ0) is 17.9. The molecule has 2 N–H and O–H groups in total. The van der Waals surface area contributed by atoms with Crippen molar-refractivity contribution in [1.29, 1.82) is 0 Å². The maximum absolute atomic E-state index is 5.65. The average Bonchev–Trinajstić information content (AvgIpc) is 2.65. The lowest BCUT2D eigenvalue weighted by Crippen LogP contribution is -2.37. The van der Waals surface area contributed by atoms with E-state index in [4.69, 9.17) is 9.47 Å². The van der Waals surface area contributed by atoms with E-state index in [9.17, 15) is 0 Å². The Balaban J connectivity index is 2.03. The number of methoxy groups -OCH3 is 1. The Hall–Kier alpha value is -2.76. The summed E-state index contributed by atoms with van der Waals surface area (Å²) in [6.07, 6.45) is 0. The molecule has 1 aromatic heterocycles. The Morgan fingerprint density at radius 2 is 1.92 bits per heavy atom. The fourth-order valence-electron chi connectivity index (χ4n) is 2.28. The normalized spacial score (nSPS) is 11.1. The summed E-state index contributed by atoms with van der Waals surface area (Å²) in [7, 11) is 1.61. The summed E-state index contributed by atoms with van der Waals surface area (Å²) >= 11 is 0. The van der Waals surface area contributed by atoms with Crippen molar-refractivity contribution < 1.29 is 9.47 Å². The summed E-state index contributed by atoms with van der Waals surface area (Å²) < 4.78 is 10.8. The van der Waals surface area contributed by atoms with Crippen LogP contribution in [0.5, 0.6) is 11.6 Å². The smallest absolute Gasteiger partial charge is 0.213 e. The Labute approximate surface area is 149 Å². The van der Waals surface area contributed by atoms with Crippen LogP contribution >= 0.6 is 0 Å². The first-order valence-corrected chi connectivity index (χ1v) is 8.49. The number of para-hydroxylation sites is 1. The molecule has 134 valence electrons. The number of guanidine groups is 1. The first-order valence-electron chi connectivity index (χ1n) is 8.49. The summed E-state index contributed by atoms with van der Waals surface area (Å²) in [5, 5.41) is 6.53. The summed E-state index contributed by atoms with van der Waals surface area (Å²) in [6, 6.07) is 13.7. The van der Waals surface area contributed by atoms with Crippen LogP contribution in [0.15, 0.2) is 47.5 Å². The SMILES string of the molecule is CCNC(=NCc1ccccc1OCC)NCc1cccc(OC)n1. The van der Waals surface area contributed by atoms with Crippen molar-refractivity contribution >= 4 is 5.96 Å². The molecule has 0 aliphatic rings. The van der Waals surface area contributed by atoms with Gasteiger partial charge in [-0.05, 0) is 26.0 Å². The summed E-state index contributed by atoms with van der Waals surface area (Å²) in [5.41, 5.74) is 1.95. The van der Waals surface area contributed by atoms with Gasteiger partial charge in [0.1, 0.15) is 5.75 Å². The molecule has 0 aliphatic carbocycles. The highest BCUT2D eigenvalue weighted by Gasteiger charge is 2.04. The van der Waals surface area contributed by atoms with Gasteiger partial charge in [-0.1, -0.05) is 24.3 Å². The van der Waals surface area contributed by atoms with Crippen molar-refractivity contribution in [3.63, 3.8) is 0 Å². The molecular formula is C19H26N4O2. The molecule has 0 spiro atoms. The third-order valence-electron chi connectivity index (χ3n) is 3.45. The van der Waals surface area contributed by atoms with Gasteiger partial charge in [0.05, 0.1) is 32.5 Å². The number of nitrogens with one attached hydrogen (secondary N) is 2. The Kier molecular flexibility index (Phi) is 7.56. The first kappa shape index (κ1) is 18.6. The number of benzene rings is 1. The van der Waals surface area contributed by atoms with Gasteiger partial charge >= 0.3 is 0 Å². The molecule has 0 unspecified atom stereocenters. The monoisotopic (exact) mass is 342 g/mol. The van der Waals surface area contributed by atoms with Gasteiger partial charge in [-0.3, -0.25) is 0 Å². The molecule has 0 atom stereocenters. The second kappa shape index (κ2) is 10.2. The van der Waals surface area contributed by atoms with Gasteiger partial charge in [-0.15, -0.1) is 0 Å². The molecule has 0 saturated carbocycles.